The summed E-state index contributed by atoms with van der Waals surface area (Å²) in [5.41, 5.74) is 1.68. The molecule has 0 aliphatic heterocycles. The van der Waals surface area contributed by atoms with E-state index < -0.39 is 42.4 Å². The fourth-order valence-corrected chi connectivity index (χ4v) is 3.77. The third kappa shape index (κ3) is 6.21. The lowest BCUT2D eigenvalue weighted by atomic mass is 10.0. The number of rotatable bonds is 9. The molecular weight excluding hydrogens is 456 g/mol. The molecule has 0 aliphatic rings. The summed E-state index contributed by atoms with van der Waals surface area (Å²) in [5, 5.41) is 30.5. The van der Waals surface area contributed by atoms with Crippen molar-refractivity contribution in [2.24, 2.45) is 0 Å². The highest BCUT2D eigenvalue weighted by molar-refractivity contribution is 5.79. The summed E-state index contributed by atoms with van der Waals surface area (Å²) < 4.78 is 56.3. The van der Waals surface area contributed by atoms with Crippen molar-refractivity contribution in [3.63, 3.8) is 0 Å². The number of aliphatic carboxylic acids is 1. The van der Waals surface area contributed by atoms with E-state index in [0.717, 1.165) is 22.3 Å². The van der Waals surface area contributed by atoms with E-state index in [2.05, 4.69) is 4.98 Å². The van der Waals surface area contributed by atoms with Gasteiger partial charge in [0.2, 0.25) is 5.82 Å². The molecule has 3 rings (SSSR count). The Morgan fingerprint density at radius 2 is 1.76 bits per heavy atom. The molecule has 1 heterocycles. The molecule has 2 N–H and O–H groups in total. The van der Waals surface area contributed by atoms with Gasteiger partial charge in [-0.3, -0.25) is 0 Å². The van der Waals surface area contributed by atoms with Crippen LogP contribution in [0, 0.1) is 12.7 Å². The molecule has 2 atom stereocenters. The van der Waals surface area contributed by atoms with Crippen LogP contribution in [0.5, 0.6) is 0 Å². The summed E-state index contributed by atoms with van der Waals surface area (Å²) in [6, 6.07) is 11.7. The molecule has 0 unspecified atom stereocenters. The Hall–Kier alpha value is -3.24. The molecule has 0 saturated carbocycles. The SMILES string of the molecule is Cc1cccc(-c2c(-c3ccc(F)cc3)nc(C(F)(F)F)n2CC[C@@H](O)C[C@@H](O)CC(=O)[O-])c1. The molecule has 0 saturated heterocycles. The third-order valence-electron chi connectivity index (χ3n) is 5.26. The molecule has 182 valence electrons. The zero-order chi connectivity index (χ0) is 25.0. The first-order valence-electron chi connectivity index (χ1n) is 10.5. The van der Waals surface area contributed by atoms with Crippen LogP contribution in [0.3, 0.4) is 0 Å². The van der Waals surface area contributed by atoms with Crippen LogP contribution >= 0.6 is 0 Å². The number of nitrogens with zero attached hydrogens (tertiary/aromatic N) is 2. The number of carbonyl (C=O) groups is 1. The van der Waals surface area contributed by atoms with Crippen LogP contribution in [0.15, 0.2) is 48.5 Å². The van der Waals surface area contributed by atoms with Crippen molar-refractivity contribution in [1.29, 1.82) is 0 Å². The predicted octanol–water partition coefficient (Wildman–Crippen LogP) is 3.33. The van der Waals surface area contributed by atoms with Crippen LogP contribution in [0.4, 0.5) is 17.6 Å². The van der Waals surface area contributed by atoms with Gasteiger partial charge < -0.3 is 24.7 Å². The van der Waals surface area contributed by atoms with E-state index in [4.69, 9.17) is 0 Å². The zero-order valence-corrected chi connectivity index (χ0v) is 18.2. The maximum Gasteiger partial charge on any atom is 0.449 e. The van der Waals surface area contributed by atoms with E-state index in [9.17, 15) is 37.7 Å². The van der Waals surface area contributed by atoms with Crippen molar-refractivity contribution < 1.29 is 37.7 Å². The fraction of sp³-hybridized carbons (Fsp3) is 0.333. The lowest BCUT2D eigenvalue weighted by Gasteiger charge is -2.19. The number of benzene rings is 2. The van der Waals surface area contributed by atoms with Crippen molar-refractivity contribution in [2.45, 2.75) is 51.1 Å². The first kappa shape index (κ1) is 25.4. The maximum absolute atomic E-state index is 14.0. The molecule has 0 radical (unpaired) electrons. The van der Waals surface area contributed by atoms with Gasteiger partial charge in [0.15, 0.2) is 0 Å². The van der Waals surface area contributed by atoms with E-state index in [1.165, 1.54) is 12.1 Å². The van der Waals surface area contributed by atoms with Gasteiger partial charge in [0, 0.05) is 30.1 Å². The number of aliphatic hydroxyl groups is 2. The standard InChI is InChI=1S/C24H24F4N2O4/c1-14-3-2-4-16(11-14)22-21(15-5-7-17(25)8-6-15)29-23(24(26,27)28)30(22)10-9-18(31)12-19(32)13-20(33)34/h2-8,11,18-19,31-32H,9-10,12-13H2,1H3,(H,33,34)/p-1/t18-,19-/m1/s1. The Bertz CT molecular complexity index is 1140. The van der Waals surface area contributed by atoms with Crippen molar-refractivity contribution >= 4 is 5.97 Å². The number of aliphatic hydroxyl groups excluding tert-OH is 2. The number of carbonyl (C=O) groups excluding carboxylic acids is 1. The van der Waals surface area contributed by atoms with Crippen LogP contribution in [0.2, 0.25) is 0 Å². The molecule has 0 aliphatic carbocycles. The van der Waals surface area contributed by atoms with Crippen LogP contribution < -0.4 is 5.11 Å². The van der Waals surface area contributed by atoms with Gasteiger partial charge in [-0.1, -0.05) is 23.8 Å². The molecule has 34 heavy (non-hydrogen) atoms. The number of carboxylic acids is 1. The monoisotopic (exact) mass is 479 g/mol. The van der Waals surface area contributed by atoms with Crippen LogP contribution in [-0.2, 0) is 17.5 Å². The molecular formula is C24H23F4N2O4-. The molecule has 0 amide bonds. The van der Waals surface area contributed by atoms with Crippen LogP contribution in [-0.4, -0.2) is 37.9 Å². The van der Waals surface area contributed by atoms with Crippen molar-refractivity contribution in [2.75, 3.05) is 0 Å². The number of imidazole rings is 1. The predicted molar refractivity (Wildman–Crippen MR) is 114 cm³/mol. The number of hydrogen-bond donors (Lipinski definition) is 2. The molecule has 10 heteroatoms. The largest absolute Gasteiger partial charge is 0.550 e. The Morgan fingerprint density at radius 1 is 1.09 bits per heavy atom. The summed E-state index contributed by atoms with van der Waals surface area (Å²) in [6.45, 7) is 1.47. The molecule has 1 aromatic heterocycles. The summed E-state index contributed by atoms with van der Waals surface area (Å²) in [5.74, 6) is -3.24. The van der Waals surface area contributed by atoms with E-state index in [0.29, 0.717) is 5.56 Å². The summed E-state index contributed by atoms with van der Waals surface area (Å²) in [7, 11) is 0. The quantitative estimate of drug-likeness (QED) is 0.459. The number of carboxylic acid groups (broad SMARTS) is 1. The number of halogens is 4. The first-order chi connectivity index (χ1) is 16.0. The summed E-state index contributed by atoms with van der Waals surface area (Å²) >= 11 is 0. The fourth-order valence-electron chi connectivity index (χ4n) is 3.77. The third-order valence-corrected chi connectivity index (χ3v) is 5.26. The Balaban J connectivity index is 2.07. The van der Waals surface area contributed by atoms with Gasteiger partial charge in [0.05, 0.1) is 23.6 Å². The highest BCUT2D eigenvalue weighted by Crippen LogP contribution is 2.39. The first-order valence-corrected chi connectivity index (χ1v) is 10.5. The van der Waals surface area contributed by atoms with Gasteiger partial charge in [-0.2, -0.15) is 13.2 Å². The van der Waals surface area contributed by atoms with Gasteiger partial charge >= 0.3 is 6.18 Å². The van der Waals surface area contributed by atoms with E-state index in [1.807, 2.05) is 0 Å². The van der Waals surface area contributed by atoms with Gasteiger partial charge in [-0.25, -0.2) is 9.37 Å². The number of hydrogen-bond acceptors (Lipinski definition) is 5. The number of aryl methyl sites for hydroxylation is 1. The topological polar surface area (TPSA) is 98.4 Å². The van der Waals surface area contributed by atoms with E-state index >= 15 is 0 Å². The van der Waals surface area contributed by atoms with Crippen molar-refractivity contribution in [1.82, 2.24) is 9.55 Å². The van der Waals surface area contributed by atoms with Gasteiger partial charge in [-0.05, 0) is 50.1 Å². The molecule has 0 bridgehead atoms. The van der Waals surface area contributed by atoms with Gasteiger partial charge in [-0.15, -0.1) is 0 Å². The maximum atomic E-state index is 14.0. The number of alkyl halides is 3. The smallest absolute Gasteiger partial charge is 0.449 e. The Kier molecular flexibility index (Phi) is 7.73. The van der Waals surface area contributed by atoms with E-state index in [1.54, 1.807) is 31.2 Å². The van der Waals surface area contributed by atoms with Crippen LogP contribution in [0.25, 0.3) is 22.5 Å². The summed E-state index contributed by atoms with van der Waals surface area (Å²) in [6.07, 6.45) is -8.72. The van der Waals surface area contributed by atoms with Gasteiger partial charge in [0.25, 0.3) is 0 Å². The Morgan fingerprint density at radius 3 is 2.35 bits per heavy atom. The van der Waals surface area contributed by atoms with Crippen molar-refractivity contribution in [3.8, 4) is 22.5 Å². The second-order valence-electron chi connectivity index (χ2n) is 8.07. The average molecular weight is 479 g/mol. The minimum absolute atomic E-state index is 0.00408. The normalized spacial score (nSPS) is 13.6. The minimum Gasteiger partial charge on any atom is -0.550 e. The highest BCUT2D eigenvalue weighted by atomic mass is 19.4. The van der Waals surface area contributed by atoms with Crippen LogP contribution in [0.1, 0.15) is 30.7 Å². The summed E-state index contributed by atoms with van der Waals surface area (Å²) in [4.78, 5) is 14.5. The minimum atomic E-state index is -4.82. The molecule has 0 fully saturated rings. The second kappa shape index (κ2) is 10.4. The zero-order valence-electron chi connectivity index (χ0n) is 18.2. The second-order valence-corrected chi connectivity index (χ2v) is 8.07. The lowest BCUT2D eigenvalue weighted by Crippen LogP contribution is -2.30. The molecule has 2 aromatic carbocycles. The highest BCUT2D eigenvalue weighted by Gasteiger charge is 2.39. The van der Waals surface area contributed by atoms with Crippen molar-refractivity contribution in [3.05, 3.63) is 65.7 Å². The molecule has 0 spiro atoms. The average Bonchev–Trinajstić information content (AvgIpc) is 3.12. The van der Waals surface area contributed by atoms with Gasteiger partial charge in [0.1, 0.15) is 5.82 Å². The van der Waals surface area contributed by atoms with E-state index in [-0.39, 0.29) is 36.3 Å². The molecule has 3 aromatic rings. The molecule has 6 nitrogen and oxygen atoms in total. The Labute approximate surface area is 193 Å². The number of aromatic nitrogens is 2. The lowest BCUT2D eigenvalue weighted by molar-refractivity contribution is -0.307.